The molecule has 6 heteroatoms. The van der Waals surface area contributed by atoms with Crippen molar-refractivity contribution in [3.63, 3.8) is 0 Å². The van der Waals surface area contributed by atoms with Crippen molar-refractivity contribution >= 4 is 24.2 Å². The molecular weight excluding hydrogens is 340 g/mol. The van der Waals surface area contributed by atoms with Crippen LogP contribution in [0.4, 0.5) is 0 Å². The number of hydrogen-bond donors (Lipinski definition) is 1. The van der Waals surface area contributed by atoms with Crippen molar-refractivity contribution in [2.24, 2.45) is 0 Å². The molecular formula is C14H25BrO4Si. The predicted molar refractivity (Wildman–Crippen MR) is 84.1 cm³/mol. The van der Waals surface area contributed by atoms with Gasteiger partial charge in [0.2, 0.25) is 8.32 Å². The van der Waals surface area contributed by atoms with Crippen LogP contribution in [-0.2, 0) is 13.9 Å². The van der Waals surface area contributed by atoms with Crippen LogP contribution < -0.4 is 0 Å². The van der Waals surface area contributed by atoms with Crippen LogP contribution >= 0.6 is 15.9 Å². The first-order valence-electron chi connectivity index (χ1n) is 6.98. The Hall–Kier alpha value is 0.117. The van der Waals surface area contributed by atoms with Gasteiger partial charge in [0.05, 0.1) is 0 Å². The molecule has 0 bridgehead atoms. The average molecular weight is 365 g/mol. The van der Waals surface area contributed by atoms with Crippen molar-refractivity contribution in [3.8, 4) is 0 Å². The summed E-state index contributed by atoms with van der Waals surface area (Å²) in [6.45, 7) is 11.0. The van der Waals surface area contributed by atoms with Gasteiger partial charge in [0.25, 0.3) is 0 Å². The van der Waals surface area contributed by atoms with Gasteiger partial charge < -0.3 is 19.0 Å². The fraction of sp³-hybridized carbons (Fsp3) is 0.857. The van der Waals surface area contributed by atoms with Gasteiger partial charge in [-0.15, -0.1) is 0 Å². The molecule has 1 saturated heterocycles. The highest BCUT2D eigenvalue weighted by molar-refractivity contribution is 9.11. The van der Waals surface area contributed by atoms with E-state index in [4.69, 9.17) is 13.9 Å². The largest absolute Gasteiger partial charge is 0.544 e. The molecule has 0 spiro atoms. The Morgan fingerprint density at radius 2 is 2.00 bits per heavy atom. The van der Waals surface area contributed by atoms with Crippen LogP contribution in [0.5, 0.6) is 0 Å². The lowest BCUT2D eigenvalue weighted by atomic mass is 9.97. The van der Waals surface area contributed by atoms with Gasteiger partial charge in [-0.2, -0.15) is 0 Å². The van der Waals surface area contributed by atoms with Crippen molar-refractivity contribution in [1.29, 1.82) is 0 Å². The fourth-order valence-electron chi connectivity index (χ4n) is 2.37. The van der Waals surface area contributed by atoms with Gasteiger partial charge >= 0.3 is 0 Å². The summed E-state index contributed by atoms with van der Waals surface area (Å²) in [5, 5.41) is 10.8. The second-order valence-corrected chi connectivity index (χ2v) is 13.0. The highest BCUT2D eigenvalue weighted by Gasteiger charge is 2.56. The normalized spacial score (nSPS) is 34.6. The topological polar surface area (TPSA) is 47.9 Å². The second-order valence-electron chi connectivity index (χ2n) is 7.30. The number of hydrogen-bond acceptors (Lipinski definition) is 4. The van der Waals surface area contributed by atoms with Gasteiger partial charge in [-0.05, 0) is 18.1 Å². The molecule has 20 heavy (non-hydrogen) atoms. The summed E-state index contributed by atoms with van der Waals surface area (Å²) >= 11 is 3.55. The fourth-order valence-corrected chi connectivity index (χ4v) is 4.38. The molecule has 1 fully saturated rings. The van der Waals surface area contributed by atoms with Crippen LogP contribution in [0.2, 0.25) is 18.1 Å². The summed E-state index contributed by atoms with van der Waals surface area (Å²) in [4.78, 5) is 0. The van der Waals surface area contributed by atoms with E-state index in [0.29, 0.717) is 12.8 Å². The molecule has 0 saturated carbocycles. The monoisotopic (exact) mass is 364 g/mol. The van der Waals surface area contributed by atoms with Crippen molar-refractivity contribution in [2.75, 3.05) is 7.11 Å². The number of fused-ring (bicyclic) bond motifs is 1. The van der Waals surface area contributed by atoms with Crippen LogP contribution in [0.15, 0.2) is 10.2 Å². The zero-order chi connectivity index (χ0) is 15.3. The van der Waals surface area contributed by atoms with E-state index in [1.807, 2.05) is 0 Å². The van der Waals surface area contributed by atoms with E-state index in [9.17, 15) is 5.11 Å². The Labute approximate surface area is 130 Å². The van der Waals surface area contributed by atoms with Crippen molar-refractivity contribution < 1.29 is 19.0 Å². The molecule has 1 heterocycles. The maximum atomic E-state index is 10.7. The SMILES string of the molecule is CO[C@@H]1C[C@@]2(O)CC(Br)=C(O[Si](C)(C)C(C)(C)C)[C@H]2O1. The molecule has 1 N–H and O–H groups in total. The van der Waals surface area contributed by atoms with Gasteiger partial charge in [0, 0.05) is 24.4 Å². The lowest BCUT2D eigenvalue weighted by molar-refractivity contribution is -0.117. The standard InChI is InChI=1S/C14H25BrO4Si/c1-13(2,3)20(5,6)19-11-9(15)7-14(16)8-10(17-4)18-12(11)14/h10,12,16H,7-8H2,1-6H3/t10-,12+,14-/m0/s1. The van der Waals surface area contributed by atoms with E-state index in [1.54, 1.807) is 7.11 Å². The summed E-state index contributed by atoms with van der Waals surface area (Å²) in [7, 11) is -0.357. The molecule has 3 atom stereocenters. The van der Waals surface area contributed by atoms with Crippen molar-refractivity contribution in [3.05, 3.63) is 10.2 Å². The van der Waals surface area contributed by atoms with Crippen LogP contribution in [0.1, 0.15) is 33.6 Å². The highest BCUT2D eigenvalue weighted by Crippen LogP contribution is 2.50. The molecule has 116 valence electrons. The summed E-state index contributed by atoms with van der Waals surface area (Å²) in [5.74, 6) is 0.763. The first-order chi connectivity index (χ1) is 9.00. The zero-order valence-corrected chi connectivity index (χ0v) is 15.7. The third kappa shape index (κ3) is 2.73. The lowest BCUT2D eigenvalue weighted by Crippen LogP contribution is -2.43. The molecule has 2 aliphatic rings. The second kappa shape index (κ2) is 5.09. The van der Waals surface area contributed by atoms with Crippen LogP contribution in [0.3, 0.4) is 0 Å². The average Bonchev–Trinajstić information content (AvgIpc) is 2.70. The Morgan fingerprint density at radius 3 is 2.50 bits per heavy atom. The minimum absolute atomic E-state index is 0.104. The quantitative estimate of drug-likeness (QED) is 0.778. The van der Waals surface area contributed by atoms with E-state index < -0.39 is 20.0 Å². The molecule has 0 amide bonds. The van der Waals surface area contributed by atoms with Gasteiger partial charge in [0.1, 0.15) is 17.5 Å². The summed E-state index contributed by atoms with van der Waals surface area (Å²) in [6, 6.07) is 0. The number of rotatable bonds is 3. The third-order valence-electron chi connectivity index (χ3n) is 4.70. The summed E-state index contributed by atoms with van der Waals surface area (Å²) in [5.41, 5.74) is -0.906. The predicted octanol–water partition coefficient (Wildman–Crippen LogP) is 3.51. The molecule has 2 rings (SSSR count). The van der Waals surface area contributed by atoms with Gasteiger partial charge in [-0.1, -0.05) is 36.7 Å². The van der Waals surface area contributed by atoms with Crippen LogP contribution in [0.25, 0.3) is 0 Å². The van der Waals surface area contributed by atoms with E-state index >= 15 is 0 Å². The third-order valence-corrected chi connectivity index (χ3v) is 9.71. The van der Waals surface area contributed by atoms with Crippen molar-refractivity contribution in [1.82, 2.24) is 0 Å². The molecule has 1 aliphatic heterocycles. The summed E-state index contributed by atoms with van der Waals surface area (Å²) in [6.07, 6.45) is 0.231. The van der Waals surface area contributed by atoms with Crippen LogP contribution in [0, 0.1) is 0 Å². The van der Waals surface area contributed by atoms with E-state index in [1.165, 1.54) is 0 Å². The molecule has 0 aromatic carbocycles. The first-order valence-corrected chi connectivity index (χ1v) is 10.7. The highest BCUT2D eigenvalue weighted by atomic mass is 79.9. The Bertz CT molecular complexity index is 429. The van der Waals surface area contributed by atoms with Gasteiger partial charge in [-0.25, -0.2) is 0 Å². The molecule has 0 aromatic heterocycles. The zero-order valence-electron chi connectivity index (χ0n) is 13.1. The molecule has 1 aliphatic carbocycles. The Kier molecular flexibility index (Phi) is 4.19. The van der Waals surface area contributed by atoms with E-state index in [-0.39, 0.29) is 11.3 Å². The van der Waals surface area contributed by atoms with Gasteiger partial charge in [0.15, 0.2) is 6.29 Å². The number of methoxy groups -OCH3 is 1. The molecule has 0 radical (unpaired) electrons. The molecule has 0 aromatic rings. The van der Waals surface area contributed by atoms with Crippen LogP contribution in [-0.4, -0.2) is 38.5 Å². The molecule has 4 nitrogen and oxygen atoms in total. The molecule has 0 unspecified atom stereocenters. The maximum Gasteiger partial charge on any atom is 0.250 e. The number of aliphatic hydroxyl groups is 1. The van der Waals surface area contributed by atoms with Gasteiger partial charge in [-0.3, -0.25) is 0 Å². The maximum absolute atomic E-state index is 10.7. The minimum Gasteiger partial charge on any atom is -0.544 e. The lowest BCUT2D eigenvalue weighted by Gasteiger charge is -2.38. The number of halogens is 1. The van der Waals surface area contributed by atoms with E-state index in [2.05, 4.69) is 49.8 Å². The number of ether oxygens (including phenoxy) is 2. The summed E-state index contributed by atoms with van der Waals surface area (Å²) < 4.78 is 18.3. The Morgan fingerprint density at radius 1 is 1.40 bits per heavy atom. The smallest absolute Gasteiger partial charge is 0.250 e. The first kappa shape index (κ1) is 16.5. The van der Waals surface area contributed by atoms with Crippen molar-refractivity contribution in [2.45, 2.75) is 69.7 Å². The van der Waals surface area contributed by atoms with E-state index in [0.717, 1.165) is 10.2 Å². The Balaban J connectivity index is 2.22. The minimum atomic E-state index is -1.96.